The van der Waals surface area contributed by atoms with Crippen LogP contribution < -0.4 is 46.1 Å². The van der Waals surface area contributed by atoms with Gasteiger partial charge in [-0.1, -0.05) is 12.1 Å². The Morgan fingerprint density at radius 1 is 1.04 bits per heavy atom. The zero-order chi connectivity index (χ0) is 15.5. The van der Waals surface area contributed by atoms with Gasteiger partial charge in [0.1, 0.15) is 26.2 Å². The molecule has 1 fully saturated rings. The third-order valence-electron chi connectivity index (χ3n) is 4.58. The van der Waals surface area contributed by atoms with E-state index in [1.54, 1.807) is 34.8 Å². The minimum Gasteiger partial charge on any atom is -1.00 e. The number of aromatic nitrogens is 2. The molecular formula is C16H24Cl2N4O2. The molecule has 0 aliphatic carbocycles. The Kier molecular flexibility index (Phi) is 7.96. The maximum Gasteiger partial charge on any atom is 0.273 e. The molecule has 3 rings (SSSR count). The van der Waals surface area contributed by atoms with Gasteiger partial charge in [0.05, 0.1) is 17.3 Å². The first kappa shape index (κ1) is 20.7. The van der Waals surface area contributed by atoms with Crippen LogP contribution in [-0.2, 0) is 13.6 Å². The van der Waals surface area contributed by atoms with Crippen molar-refractivity contribution in [2.45, 2.75) is 13.0 Å². The molecule has 6 nitrogen and oxygen atoms in total. The van der Waals surface area contributed by atoms with Gasteiger partial charge in [0.25, 0.3) is 11.1 Å². The molecule has 0 saturated carbocycles. The second kappa shape index (κ2) is 9.22. The Morgan fingerprint density at radius 2 is 1.62 bits per heavy atom. The second-order valence-electron chi connectivity index (χ2n) is 6.02. The first-order valence-corrected chi connectivity index (χ1v) is 8.02. The van der Waals surface area contributed by atoms with Crippen molar-refractivity contribution in [3.8, 4) is 0 Å². The Labute approximate surface area is 153 Å². The van der Waals surface area contributed by atoms with Gasteiger partial charge in [0.15, 0.2) is 0 Å². The van der Waals surface area contributed by atoms with E-state index in [-0.39, 0.29) is 35.9 Å². The van der Waals surface area contributed by atoms with Gasteiger partial charge in [-0.3, -0.25) is 14.3 Å². The van der Waals surface area contributed by atoms with Crippen LogP contribution in [0.3, 0.4) is 0 Å². The number of fused-ring (bicyclic) bond motifs is 1. The molecule has 1 aromatic heterocycles. The number of hydrogen-bond donors (Lipinski definition) is 2. The summed E-state index contributed by atoms with van der Waals surface area (Å²) >= 11 is 0. The summed E-state index contributed by atoms with van der Waals surface area (Å²) in [6, 6.07) is 7.06. The maximum absolute atomic E-state index is 12.6. The lowest BCUT2D eigenvalue weighted by molar-refractivity contribution is -0.947. The van der Waals surface area contributed by atoms with Gasteiger partial charge in [-0.05, 0) is 12.1 Å². The molecule has 3 N–H and O–H groups in total. The molecule has 0 amide bonds. The number of hydrogen-bond acceptors (Lipinski definition) is 2. The van der Waals surface area contributed by atoms with Crippen molar-refractivity contribution in [3.63, 3.8) is 0 Å². The van der Waals surface area contributed by atoms with Crippen molar-refractivity contribution in [3.05, 3.63) is 45.0 Å². The van der Waals surface area contributed by atoms with Gasteiger partial charge in [-0.15, -0.1) is 0 Å². The van der Waals surface area contributed by atoms with E-state index in [1.165, 1.54) is 30.9 Å². The van der Waals surface area contributed by atoms with Crippen LogP contribution in [0.1, 0.15) is 6.42 Å². The Hall–Kier alpha value is -1.34. The Balaban J connectivity index is 0.00000144. The summed E-state index contributed by atoms with van der Waals surface area (Å²) in [5.41, 5.74) is -0.171. The summed E-state index contributed by atoms with van der Waals surface area (Å²) in [7, 11) is 1.68. The summed E-state index contributed by atoms with van der Waals surface area (Å²) in [5.74, 6) is 0. The topological polar surface area (TPSA) is 65.0 Å². The highest BCUT2D eigenvalue weighted by molar-refractivity contribution is 5.80. The SMILES string of the molecule is Cn1c(=O)c2ccccc2c(=O)n1CCC[NH+]1CC[NH2+]CC1.[Cl-].[Cl-]. The van der Waals surface area contributed by atoms with Crippen LogP contribution in [0.15, 0.2) is 33.9 Å². The normalized spacial score (nSPS) is 14.9. The van der Waals surface area contributed by atoms with Crippen LogP contribution in [-0.4, -0.2) is 42.1 Å². The van der Waals surface area contributed by atoms with Crippen LogP contribution in [0.25, 0.3) is 10.8 Å². The third kappa shape index (κ3) is 4.19. The molecule has 1 aliphatic rings. The fourth-order valence-corrected chi connectivity index (χ4v) is 3.28. The van der Waals surface area contributed by atoms with Crippen molar-refractivity contribution >= 4 is 10.8 Å². The third-order valence-corrected chi connectivity index (χ3v) is 4.58. The van der Waals surface area contributed by atoms with E-state index in [9.17, 15) is 9.59 Å². The number of nitrogens with one attached hydrogen (secondary N) is 1. The fraction of sp³-hybridized carbons (Fsp3) is 0.500. The van der Waals surface area contributed by atoms with Gasteiger partial charge in [0.2, 0.25) is 0 Å². The summed E-state index contributed by atoms with van der Waals surface area (Å²) < 4.78 is 3.05. The number of halogens is 2. The number of quaternary nitrogens is 2. The molecule has 1 aliphatic heterocycles. The number of nitrogens with zero attached hydrogens (tertiary/aromatic N) is 2. The van der Waals surface area contributed by atoms with Gasteiger partial charge < -0.3 is 35.0 Å². The van der Waals surface area contributed by atoms with Gasteiger partial charge >= 0.3 is 0 Å². The lowest BCUT2D eigenvalue weighted by Gasteiger charge is -2.22. The van der Waals surface area contributed by atoms with Crippen LogP contribution in [0, 0.1) is 0 Å². The zero-order valence-electron chi connectivity index (χ0n) is 13.8. The van der Waals surface area contributed by atoms with Crippen LogP contribution in [0.5, 0.6) is 0 Å². The average molecular weight is 375 g/mol. The molecule has 0 atom stereocenters. The number of piperazine rings is 1. The minimum atomic E-state index is -0.102. The molecule has 0 unspecified atom stereocenters. The summed E-state index contributed by atoms with van der Waals surface area (Å²) in [6.45, 7) is 6.40. The zero-order valence-corrected chi connectivity index (χ0v) is 15.3. The van der Waals surface area contributed by atoms with E-state index in [2.05, 4.69) is 5.32 Å². The molecule has 2 aromatic rings. The molecule has 1 aromatic carbocycles. The largest absolute Gasteiger partial charge is 1.00 e. The monoisotopic (exact) mass is 374 g/mol. The lowest BCUT2D eigenvalue weighted by Crippen LogP contribution is -3.20. The van der Waals surface area contributed by atoms with Crippen molar-refractivity contribution in [2.75, 3.05) is 32.7 Å². The molecule has 2 heterocycles. The molecule has 134 valence electrons. The second-order valence-corrected chi connectivity index (χ2v) is 6.02. The summed E-state index contributed by atoms with van der Waals surface area (Å²) in [6.07, 6.45) is 0.918. The molecule has 0 spiro atoms. The highest BCUT2D eigenvalue weighted by Crippen LogP contribution is 2.03. The molecule has 8 heteroatoms. The Bertz CT molecular complexity index is 782. The van der Waals surface area contributed by atoms with Crippen molar-refractivity contribution in [2.24, 2.45) is 7.05 Å². The number of nitrogens with two attached hydrogens (primary N) is 1. The van der Waals surface area contributed by atoms with Crippen LogP contribution in [0.2, 0.25) is 0 Å². The predicted octanol–water partition coefficient (Wildman–Crippen LogP) is -8.44. The quantitative estimate of drug-likeness (QED) is 0.558. The van der Waals surface area contributed by atoms with Crippen LogP contribution in [0.4, 0.5) is 0 Å². The number of rotatable bonds is 4. The molecule has 1 saturated heterocycles. The molecule has 0 bridgehead atoms. The van der Waals surface area contributed by atoms with Gasteiger partial charge in [-0.25, -0.2) is 4.68 Å². The smallest absolute Gasteiger partial charge is 0.273 e. The fourth-order valence-electron chi connectivity index (χ4n) is 3.28. The van der Waals surface area contributed by atoms with E-state index < -0.39 is 0 Å². The van der Waals surface area contributed by atoms with Gasteiger partial charge in [0, 0.05) is 20.0 Å². The van der Waals surface area contributed by atoms with E-state index >= 15 is 0 Å². The maximum atomic E-state index is 12.6. The predicted molar refractivity (Wildman–Crippen MR) is 85.3 cm³/mol. The van der Waals surface area contributed by atoms with E-state index in [0.717, 1.165) is 13.0 Å². The van der Waals surface area contributed by atoms with E-state index in [1.807, 2.05) is 6.07 Å². The van der Waals surface area contributed by atoms with Crippen LogP contribution >= 0.6 is 0 Å². The summed E-state index contributed by atoms with van der Waals surface area (Å²) in [5, 5.41) is 3.37. The first-order chi connectivity index (χ1) is 10.7. The standard InChI is InChI=1S/C16H22N4O2.2ClH/c1-18-15(21)13-5-2-3-6-14(13)16(22)20(18)10-4-9-19-11-7-17-8-12-19;;/h2-3,5-6,17H,4,7-12H2,1H3;2*1H. The van der Waals surface area contributed by atoms with Gasteiger partial charge in [-0.2, -0.15) is 0 Å². The summed E-state index contributed by atoms with van der Waals surface area (Å²) in [4.78, 5) is 26.5. The number of benzene rings is 1. The average Bonchev–Trinajstić information content (AvgIpc) is 2.57. The first-order valence-electron chi connectivity index (χ1n) is 8.02. The molecular weight excluding hydrogens is 351 g/mol. The van der Waals surface area contributed by atoms with Crippen molar-refractivity contribution < 1.29 is 35.0 Å². The highest BCUT2D eigenvalue weighted by Gasteiger charge is 2.15. The minimum absolute atomic E-state index is 0. The van der Waals surface area contributed by atoms with E-state index in [4.69, 9.17) is 0 Å². The van der Waals surface area contributed by atoms with E-state index in [0.29, 0.717) is 17.3 Å². The molecule has 24 heavy (non-hydrogen) atoms. The van der Waals surface area contributed by atoms with Crippen molar-refractivity contribution in [1.82, 2.24) is 9.36 Å². The highest BCUT2D eigenvalue weighted by atomic mass is 35.5. The molecule has 0 radical (unpaired) electrons. The lowest BCUT2D eigenvalue weighted by atomic mass is 10.2. The van der Waals surface area contributed by atoms with Crippen molar-refractivity contribution in [1.29, 1.82) is 0 Å². The Morgan fingerprint density at radius 3 is 2.25 bits per heavy atom.